The molecular weight excluding hydrogens is 330 g/mol. The van der Waals surface area contributed by atoms with Crippen molar-refractivity contribution in [1.29, 1.82) is 0 Å². The van der Waals surface area contributed by atoms with Crippen LogP contribution in [0.25, 0.3) is 10.9 Å². The maximum atomic E-state index is 9.28. The molecule has 1 aromatic carbocycles. The van der Waals surface area contributed by atoms with Crippen LogP contribution in [0.15, 0.2) is 24.4 Å². The summed E-state index contributed by atoms with van der Waals surface area (Å²) < 4.78 is 4.58. The van der Waals surface area contributed by atoms with Gasteiger partial charge in [0.2, 0.25) is 0 Å². The van der Waals surface area contributed by atoms with E-state index < -0.39 is 37.3 Å². The van der Waals surface area contributed by atoms with E-state index in [0.717, 1.165) is 5.52 Å². The summed E-state index contributed by atoms with van der Waals surface area (Å²) in [5, 5.41) is 55.2. The molecule has 0 radical (unpaired) electrons. The Balaban J connectivity index is 0.000000167. The van der Waals surface area contributed by atoms with Crippen LogP contribution in [0.1, 0.15) is 0 Å². The van der Waals surface area contributed by atoms with Crippen molar-refractivity contribution in [1.82, 2.24) is 4.98 Å². The average Bonchev–Trinajstić information content (AvgIpc) is 2.92. The van der Waals surface area contributed by atoms with Crippen molar-refractivity contribution in [3.8, 4) is 5.75 Å². The minimum atomic E-state index is -1.57. The fourth-order valence-corrected chi connectivity index (χ4v) is 2.48. The molecule has 1 fully saturated rings. The van der Waals surface area contributed by atoms with Gasteiger partial charge in [-0.3, -0.25) is 0 Å². The van der Waals surface area contributed by atoms with Gasteiger partial charge in [0.1, 0.15) is 30.2 Å². The lowest BCUT2D eigenvalue weighted by Crippen LogP contribution is -2.58. The third kappa shape index (κ3) is 3.75. The Bertz CT molecular complexity index is 644. The number of aromatic hydroxyl groups is 1. The van der Waals surface area contributed by atoms with Crippen molar-refractivity contribution in [2.24, 2.45) is 0 Å². The van der Waals surface area contributed by atoms with Gasteiger partial charge in [-0.2, -0.15) is 0 Å². The van der Waals surface area contributed by atoms with Gasteiger partial charge in [-0.05, 0) is 12.1 Å². The Labute approximate surface area is 136 Å². The zero-order valence-corrected chi connectivity index (χ0v) is 12.6. The molecule has 0 amide bonds. The summed E-state index contributed by atoms with van der Waals surface area (Å²) in [6, 6.07) is 5.44. The van der Waals surface area contributed by atoms with E-state index in [4.69, 9.17) is 37.1 Å². The molecule has 0 bridgehead atoms. The minimum absolute atomic E-state index is 0.200. The SMILES string of the molecule is OC[C@H]1O[C@H](O)[C@@H](O)[C@@H](O)[C@@H]1O.Oc1c[nH]c2cccc(Cl)c12. The topological polar surface area (TPSA) is 146 Å². The maximum absolute atomic E-state index is 9.28. The number of rotatable bonds is 1. The standard InChI is InChI=1S/C8H6ClNO.C6H12O6/c9-5-2-1-3-6-8(5)7(11)4-10-6;7-1-2-3(8)4(9)5(10)6(11)12-2/h1-4,10-11H;2-11H,1H2/t;2-,3-,4+,5+,6+/m.1/s1. The van der Waals surface area contributed by atoms with Crippen LogP contribution in [0.5, 0.6) is 5.75 Å². The van der Waals surface area contributed by atoms with Gasteiger partial charge in [0.05, 0.1) is 22.5 Å². The van der Waals surface area contributed by atoms with E-state index in [1.807, 2.05) is 12.1 Å². The fourth-order valence-electron chi connectivity index (χ4n) is 2.20. The first kappa shape index (κ1) is 18.0. The summed E-state index contributed by atoms with van der Waals surface area (Å²) in [5.74, 6) is 0.200. The number of aliphatic hydroxyl groups excluding tert-OH is 5. The molecule has 9 heteroatoms. The van der Waals surface area contributed by atoms with E-state index in [1.165, 1.54) is 6.20 Å². The number of hydrogen-bond donors (Lipinski definition) is 7. The van der Waals surface area contributed by atoms with Crippen molar-refractivity contribution in [2.75, 3.05) is 6.61 Å². The second-order valence-corrected chi connectivity index (χ2v) is 5.46. The summed E-state index contributed by atoms with van der Waals surface area (Å²) in [5.41, 5.74) is 0.856. The Morgan fingerprint density at radius 3 is 2.39 bits per heavy atom. The molecule has 128 valence electrons. The third-order valence-electron chi connectivity index (χ3n) is 3.50. The smallest absolute Gasteiger partial charge is 0.184 e. The highest BCUT2D eigenvalue weighted by molar-refractivity contribution is 6.36. The number of H-pyrrole nitrogens is 1. The Kier molecular flexibility index (Phi) is 5.82. The second-order valence-electron chi connectivity index (χ2n) is 5.06. The first-order valence-corrected chi connectivity index (χ1v) is 7.17. The number of ether oxygens (including phenoxy) is 1. The summed E-state index contributed by atoms with van der Waals surface area (Å²) in [6.45, 7) is -0.526. The molecule has 23 heavy (non-hydrogen) atoms. The van der Waals surface area contributed by atoms with Crippen LogP contribution in [0.2, 0.25) is 5.02 Å². The zero-order chi connectivity index (χ0) is 17.1. The van der Waals surface area contributed by atoms with Crippen LogP contribution >= 0.6 is 11.6 Å². The van der Waals surface area contributed by atoms with Gasteiger partial charge in [-0.15, -0.1) is 0 Å². The van der Waals surface area contributed by atoms with Crippen LogP contribution in [-0.2, 0) is 4.74 Å². The quantitative estimate of drug-likeness (QED) is 0.361. The molecule has 5 atom stereocenters. The number of hydrogen-bond acceptors (Lipinski definition) is 7. The molecule has 3 rings (SSSR count). The number of nitrogens with one attached hydrogen (secondary N) is 1. The van der Waals surface area contributed by atoms with Crippen LogP contribution in [-0.4, -0.2) is 72.9 Å². The molecule has 0 saturated carbocycles. The molecular formula is C14H18ClNO7. The van der Waals surface area contributed by atoms with Gasteiger partial charge >= 0.3 is 0 Å². The molecule has 2 heterocycles. The van der Waals surface area contributed by atoms with Gasteiger partial charge in [-0.25, -0.2) is 0 Å². The number of aromatic amines is 1. The van der Waals surface area contributed by atoms with Crippen LogP contribution < -0.4 is 0 Å². The van der Waals surface area contributed by atoms with Crippen LogP contribution in [0, 0.1) is 0 Å². The van der Waals surface area contributed by atoms with Crippen molar-refractivity contribution < 1.29 is 35.4 Å². The summed E-state index contributed by atoms with van der Waals surface area (Å²) >= 11 is 5.82. The van der Waals surface area contributed by atoms with Crippen molar-refractivity contribution in [3.63, 3.8) is 0 Å². The van der Waals surface area contributed by atoms with E-state index in [0.29, 0.717) is 10.4 Å². The molecule has 0 aliphatic carbocycles. The number of benzene rings is 1. The lowest BCUT2D eigenvalue weighted by molar-refractivity contribution is -0.286. The highest BCUT2D eigenvalue weighted by Gasteiger charge is 2.42. The summed E-state index contributed by atoms with van der Waals surface area (Å²) in [4.78, 5) is 2.89. The number of aromatic nitrogens is 1. The Morgan fingerprint density at radius 2 is 1.78 bits per heavy atom. The first-order valence-electron chi connectivity index (χ1n) is 6.80. The number of fused-ring (bicyclic) bond motifs is 1. The molecule has 1 aliphatic rings. The van der Waals surface area contributed by atoms with Crippen LogP contribution in [0.4, 0.5) is 0 Å². The molecule has 1 aliphatic heterocycles. The number of aliphatic hydroxyl groups is 5. The maximum Gasteiger partial charge on any atom is 0.184 e. The predicted molar refractivity (Wildman–Crippen MR) is 81.0 cm³/mol. The molecule has 1 aromatic heterocycles. The normalized spacial score (nSPS) is 30.8. The van der Waals surface area contributed by atoms with Gasteiger partial charge in [-0.1, -0.05) is 17.7 Å². The van der Waals surface area contributed by atoms with E-state index in [2.05, 4.69) is 9.72 Å². The Morgan fingerprint density at radius 1 is 1.09 bits per heavy atom. The first-order chi connectivity index (χ1) is 10.9. The number of halogens is 1. The van der Waals surface area contributed by atoms with Crippen LogP contribution in [0.3, 0.4) is 0 Å². The fraction of sp³-hybridized carbons (Fsp3) is 0.429. The molecule has 8 nitrogen and oxygen atoms in total. The highest BCUT2D eigenvalue weighted by Crippen LogP contribution is 2.30. The van der Waals surface area contributed by atoms with E-state index >= 15 is 0 Å². The lowest BCUT2D eigenvalue weighted by atomic mass is 10.00. The van der Waals surface area contributed by atoms with E-state index in [9.17, 15) is 5.11 Å². The second kappa shape index (κ2) is 7.45. The Hall–Kier alpha value is -1.39. The van der Waals surface area contributed by atoms with E-state index in [-0.39, 0.29) is 5.75 Å². The monoisotopic (exact) mass is 347 g/mol. The molecule has 0 unspecified atom stereocenters. The van der Waals surface area contributed by atoms with Gasteiger partial charge in [0.25, 0.3) is 0 Å². The summed E-state index contributed by atoms with van der Waals surface area (Å²) in [6.07, 6.45) is -5.52. The predicted octanol–water partition coefficient (Wildman–Crippen LogP) is -0.695. The summed E-state index contributed by atoms with van der Waals surface area (Å²) in [7, 11) is 0. The molecule has 7 N–H and O–H groups in total. The van der Waals surface area contributed by atoms with Crippen molar-refractivity contribution >= 4 is 22.5 Å². The third-order valence-corrected chi connectivity index (χ3v) is 3.82. The molecule has 2 aromatic rings. The van der Waals surface area contributed by atoms with E-state index in [1.54, 1.807) is 6.07 Å². The highest BCUT2D eigenvalue weighted by atomic mass is 35.5. The largest absolute Gasteiger partial charge is 0.506 e. The molecule has 0 spiro atoms. The zero-order valence-electron chi connectivity index (χ0n) is 11.9. The van der Waals surface area contributed by atoms with Gasteiger partial charge < -0.3 is 40.4 Å². The average molecular weight is 348 g/mol. The van der Waals surface area contributed by atoms with Gasteiger partial charge in [0, 0.05) is 6.20 Å². The minimum Gasteiger partial charge on any atom is -0.506 e. The van der Waals surface area contributed by atoms with Crippen molar-refractivity contribution in [2.45, 2.75) is 30.7 Å². The van der Waals surface area contributed by atoms with Gasteiger partial charge in [0.15, 0.2) is 6.29 Å². The molecule has 1 saturated heterocycles. The van der Waals surface area contributed by atoms with Crippen molar-refractivity contribution in [3.05, 3.63) is 29.4 Å². The lowest BCUT2D eigenvalue weighted by Gasteiger charge is -2.37.